The molecule has 0 bridgehead atoms. The van der Waals surface area contributed by atoms with Gasteiger partial charge in [0.05, 0.1) is 12.1 Å². The fourth-order valence-corrected chi connectivity index (χ4v) is 5.10. The highest BCUT2D eigenvalue weighted by Gasteiger charge is 2.34. The van der Waals surface area contributed by atoms with Crippen LogP contribution in [0.25, 0.3) is 11.1 Å². The second-order valence-corrected chi connectivity index (χ2v) is 11.2. The Balaban J connectivity index is 1.62. The van der Waals surface area contributed by atoms with E-state index in [0.29, 0.717) is 25.9 Å². The molecule has 1 heterocycles. The molecule has 0 fully saturated rings. The highest BCUT2D eigenvalue weighted by molar-refractivity contribution is 7.98. The van der Waals surface area contributed by atoms with Gasteiger partial charge in [-0.2, -0.15) is 0 Å². The van der Waals surface area contributed by atoms with Crippen LogP contribution in [-0.2, 0) is 29.1 Å². The van der Waals surface area contributed by atoms with Crippen molar-refractivity contribution in [1.29, 1.82) is 0 Å². The molecule has 4 amide bonds. The number of nitrogens with one attached hydrogen (secondary N) is 2. The Morgan fingerprint density at radius 1 is 1.08 bits per heavy atom. The van der Waals surface area contributed by atoms with Gasteiger partial charge in [-0.1, -0.05) is 48.5 Å². The van der Waals surface area contributed by atoms with Crippen LogP contribution in [0.3, 0.4) is 0 Å². The number of amides is 4. The summed E-state index contributed by atoms with van der Waals surface area (Å²) in [4.78, 5) is 40.6. The normalized spacial score (nSPS) is 15.3. The minimum absolute atomic E-state index is 0.157. The van der Waals surface area contributed by atoms with E-state index >= 15 is 0 Å². The van der Waals surface area contributed by atoms with Gasteiger partial charge < -0.3 is 27.0 Å². The van der Waals surface area contributed by atoms with Gasteiger partial charge in [0.2, 0.25) is 11.8 Å². The lowest BCUT2D eigenvalue weighted by molar-refractivity contribution is -0.130. The molecular weight excluding hydrogens is 510 g/mol. The number of nitrogens with zero attached hydrogens (tertiary/aromatic N) is 1. The van der Waals surface area contributed by atoms with E-state index in [-0.39, 0.29) is 11.8 Å². The van der Waals surface area contributed by atoms with Crippen molar-refractivity contribution in [1.82, 2.24) is 10.6 Å². The summed E-state index contributed by atoms with van der Waals surface area (Å²) < 4.78 is 0. The Labute approximate surface area is 233 Å². The van der Waals surface area contributed by atoms with Crippen molar-refractivity contribution in [2.45, 2.75) is 56.3 Å². The van der Waals surface area contributed by atoms with Gasteiger partial charge in [0, 0.05) is 17.1 Å². The van der Waals surface area contributed by atoms with Gasteiger partial charge >= 0.3 is 6.03 Å². The second kappa shape index (κ2) is 11.9. The van der Waals surface area contributed by atoms with Crippen LogP contribution in [0.15, 0.2) is 71.6 Å². The molecule has 3 aromatic carbocycles. The van der Waals surface area contributed by atoms with Crippen LogP contribution < -0.4 is 27.0 Å². The average molecular weight is 546 g/mol. The zero-order valence-electron chi connectivity index (χ0n) is 22.5. The van der Waals surface area contributed by atoms with Gasteiger partial charge in [0.15, 0.2) is 0 Å². The summed E-state index contributed by atoms with van der Waals surface area (Å²) in [5.41, 5.74) is 16.0. The number of fused-ring (bicyclic) bond motifs is 1. The molecule has 0 unspecified atom stereocenters. The molecule has 0 saturated heterocycles. The summed E-state index contributed by atoms with van der Waals surface area (Å²) in [6.45, 7) is 3.94. The van der Waals surface area contributed by atoms with E-state index in [4.69, 9.17) is 11.5 Å². The standard InChI is InChI=1S/C30H35N5O3S/c1-30(2,32)28(37)34-25-14-12-21-16-23(39-3)13-15-26(21)35(27(25)36)18-19-8-10-20(11-9-19)24-7-5-4-6-22(24)17-33-29(31)38/h4-11,13,15-16,25H,12,14,17-18,32H2,1-3H3,(H,34,37)(H3,31,33,38)/t25-/m1/s1. The van der Waals surface area contributed by atoms with Gasteiger partial charge in [0.1, 0.15) is 6.04 Å². The molecule has 39 heavy (non-hydrogen) atoms. The molecule has 1 atom stereocenters. The van der Waals surface area contributed by atoms with E-state index in [1.807, 2.05) is 66.9 Å². The summed E-state index contributed by atoms with van der Waals surface area (Å²) in [7, 11) is 0. The number of anilines is 1. The van der Waals surface area contributed by atoms with Gasteiger partial charge in [-0.15, -0.1) is 11.8 Å². The van der Waals surface area contributed by atoms with Crippen molar-refractivity contribution in [3.05, 3.63) is 83.4 Å². The molecule has 0 radical (unpaired) electrons. The first-order valence-corrected chi connectivity index (χ1v) is 14.1. The van der Waals surface area contributed by atoms with Crippen molar-refractivity contribution in [2.75, 3.05) is 11.2 Å². The van der Waals surface area contributed by atoms with Crippen LogP contribution in [0.1, 0.15) is 37.0 Å². The monoisotopic (exact) mass is 545 g/mol. The maximum atomic E-state index is 13.8. The van der Waals surface area contributed by atoms with Gasteiger partial charge in [-0.3, -0.25) is 9.59 Å². The lowest BCUT2D eigenvalue weighted by Crippen LogP contribution is -2.56. The Morgan fingerprint density at radius 2 is 1.79 bits per heavy atom. The van der Waals surface area contributed by atoms with Crippen LogP contribution in [0.2, 0.25) is 0 Å². The lowest BCUT2D eigenvalue weighted by atomic mass is 9.98. The van der Waals surface area contributed by atoms with Crippen molar-refractivity contribution in [3.63, 3.8) is 0 Å². The number of hydrogen-bond acceptors (Lipinski definition) is 5. The number of carbonyl (C=O) groups excluding carboxylic acids is 3. The summed E-state index contributed by atoms with van der Waals surface area (Å²) >= 11 is 1.66. The van der Waals surface area contributed by atoms with E-state index in [9.17, 15) is 14.4 Å². The predicted molar refractivity (Wildman–Crippen MR) is 156 cm³/mol. The molecule has 1 aliphatic rings. The second-order valence-electron chi connectivity index (χ2n) is 10.3. The molecule has 0 saturated carbocycles. The number of primary amides is 1. The number of urea groups is 1. The van der Waals surface area contributed by atoms with Crippen LogP contribution in [-0.4, -0.2) is 35.7 Å². The molecule has 0 spiro atoms. The largest absolute Gasteiger partial charge is 0.352 e. The van der Waals surface area contributed by atoms with Crippen molar-refractivity contribution < 1.29 is 14.4 Å². The van der Waals surface area contributed by atoms with E-state index in [2.05, 4.69) is 16.7 Å². The lowest BCUT2D eigenvalue weighted by Gasteiger charge is -2.28. The van der Waals surface area contributed by atoms with E-state index in [1.54, 1.807) is 30.5 Å². The number of aryl methyl sites for hydroxylation is 1. The SMILES string of the molecule is CSc1ccc2c(c1)CC[C@@H](NC(=O)C(C)(C)N)C(=O)N2Cc1ccc(-c2ccccc2CNC(N)=O)cc1. The Bertz CT molecular complexity index is 1370. The van der Waals surface area contributed by atoms with Crippen molar-refractivity contribution in [2.24, 2.45) is 11.5 Å². The van der Waals surface area contributed by atoms with Crippen LogP contribution in [0, 0.1) is 0 Å². The van der Waals surface area contributed by atoms with E-state index in [1.165, 1.54) is 0 Å². The smallest absolute Gasteiger partial charge is 0.312 e. The summed E-state index contributed by atoms with van der Waals surface area (Å²) in [6.07, 6.45) is 3.19. The first-order chi connectivity index (χ1) is 18.6. The van der Waals surface area contributed by atoms with Crippen LogP contribution in [0.5, 0.6) is 0 Å². The Kier molecular flexibility index (Phi) is 8.62. The van der Waals surface area contributed by atoms with Gasteiger partial charge in [0.25, 0.3) is 0 Å². The third kappa shape index (κ3) is 6.79. The topological polar surface area (TPSA) is 131 Å². The number of hydrogen-bond donors (Lipinski definition) is 4. The Morgan fingerprint density at radius 3 is 2.46 bits per heavy atom. The quantitative estimate of drug-likeness (QED) is 0.319. The fraction of sp³-hybridized carbons (Fsp3) is 0.300. The average Bonchev–Trinajstić information content (AvgIpc) is 3.04. The zero-order valence-corrected chi connectivity index (χ0v) is 23.3. The van der Waals surface area contributed by atoms with Gasteiger partial charge in [-0.05, 0) is 79.0 Å². The zero-order chi connectivity index (χ0) is 28.2. The molecule has 3 aromatic rings. The molecule has 204 valence electrons. The summed E-state index contributed by atoms with van der Waals surface area (Å²) in [5, 5.41) is 5.53. The van der Waals surface area contributed by atoms with Crippen LogP contribution in [0.4, 0.5) is 10.5 Å². The predicted octanol–water partition coefficient (Wildman–Crippen LogP) is 3.95. The molecule has 4 rings (SSSR count). The highest BCUT2D eigenvalue weighted by atomic mass is 32.2. The third-order valence-corrected chi connectivity index (χ3v) is 7.54. The molecule has 0 aliphatic carbocycles. The number of thioether (sulfide) groups is 1. The molecule has 0 aromatic heterocycles. The molecule has 1 aliphatic heterocycles. The number of carbonyl (C=O) groups is 3. The number of rotatable bonds is 8. The molecule has 9 heteroatoms. The number of nitrogens with two attached hydrogens (primary N) is 2. The maximum absolute atomic E-state index is 13.8. The minimum atomic E-state index is -1.09. The van der Waals surface area contributed by atoms with Crippen LogP contribution >= 0.6 is 11.8 Å². The van der Waals surface area contributed by atoms with Crippen molar-refractivity contribution >= 4 is 35.3 Å². The number of benzene rings is 3. The first-order valence-electron chi connectivity index (χ1n) is 12.9. The minimum Gasteiger partial charge on any atom is -0.352 e. The summed E-state index contributed by atoms with van der Waals surface area (Å²) in [6, 6.07) is 20.7. The third-order valence-electron chi connectivity index (χ3n) is 6.81. The van der Waals surface area contributed by atoms with Gasteiger partial charge in [-0.25, -0.2) is 4.79 Å². The Hall–Kier alpha value is -3.82. The first kappa shape index (κ1) is 28.2. The van der Waals surface area contributed by atoms with Crippen molar-refractivity contribution in [3.8, 4) is 11.1 Å². The molecular formula is C30H35N5O3S. The fourth-order valence-electron chi connectivity index (χ4n) is 4.63. The maximum Gasteiger partial charge on any atom is 0.312 e. The molecule has 6 N–H and O–H groups in total. The highest BCUT2D eigenvalue weighted by Crippen LogP contribution is 2.32. The molecule has 8 nitrogen and oxygen atoms in total. The van der Waals surface area contributed by atoms with E-state index < -0.39 is 17.6 Å². The summed E-state index contributed by atoms with van der Waals surface area (Å²) in [5.74, 6) is -0.513. The van der Waals surface area contributed by atoms with E-state index in [0.717, 1.165) is 38.4 Å².